The van der Waals surface area contributed by atoms with Crippen molar-refractivity contribution >= 4 is 11.9 Å². The smallest absolute Gasteiger partial charge is 0.305 e. The highest BCUT2D eigenvalue weighted by Gasteiger charge is 2.17. The summed E-state index contributed by atoms with van der Waals surface area (Å²) in [5.41, 5.74) is 0. The fraction of sp³-hybridized carbons (Fsp3) is 0.467. The summed E-state index contributed by atoms with van der Waals surface area (Å²) in [6.07, 6.45) is 0.0307. The van der Waals surface area contributed by atoms with Crippen LogP contribution >= 0.6 is 0 Å². The normalized spacial score (nSPS) is 10.5. The van der Waals surface area contributed by atoms with Crippen LogP contribution < -0.4 is 4.74 Å². The first-order valence-electron chi connectivity index (χ1n) is 6.79. The van der Waals surface area contributed by atoms with Crippen LogP contribution in [-0.4, -0.2) is 41.1 Å². The zero-order valence-electron chi connectivity index (χ0n) is 12.2. The Balaban J connectivity index is 2.44. The van der Waals surface area contributed by atoms with E-state index >= 15 is 0 Å². The second-order valence-corrected chi connectivity index (χ2v) is 4.88. The number of carboxylic acids is 1. The van der Waals surface area contributed by atoms with Gasteiger partial charge in [-0.2, -0.15) is 0 Å². The maximum atomic E-state index is 13.0. The van der Waals surface area contributed by atoms with E-state index in [0.29, 0.717) is 5.75 Å². The zero-order chi connectivity index (χ0) is 15.8. The summed E-state index contributed by atoms with van der Waals surface area (Å²) in [6, 6.07) is 5.61. The first kappa shape index (κ1) is 16.9. The lowest BCUT2D eigenvalue weighted by molar-refractivity contribution is -0.139. The Kier molecular flexibility index (Phi) is 6.65. The standard InChI is InChI=1S/C15H20FNO4/c1-11(2)17(8-6-15(19)20)14(18)7-9-21-13-5-3-4-12(16)10-13/h3-5,10-11H,6-9H2,1-2H3,(H,19,20). The van der Waals surface area contributed by atoms with Gasteiger partial charge in [-0.15, -0.1) is 0 Å². The molecule has 1 rings (SSSR count). The molecule has 1 aromatic rings. The highest BCUT2D eigenvalue weighted by atomic mass is 19.1. The Labute approximate surface area is 123 Å². The molecule has 116 valence electrons. The predicted octanol–water partition coefficient (Wildman–Crippen LogP) is 2.31. The van der Waals surface area contributed by atoms with Gasteiger partial charge in [-0.1, -0.05) is 6.07 Å². The molecule has 1 N–H and O–H groups in total. The maximum Gasteiger partial charge on any atom is 0.305 e. The summed E-state index contributed by atoms with van der Waals surface area (Å²) >= 11 is 0. The van der Waals surface area contributed by atoms with E-state index in [1.165, 1.54) is 23.1 Å². The summed E-state index contributed by atoms with van der Waals surface area (Å²) in [5, 5.41) is 8.68. The second-order valence-electron chi connectivity index (χ2n) is 4.88. The number of hydrogen-bond donors (Lipinski definition) is 1. The third-order valence-electron chi connectivity index (χ3n) is 2.89. The minimum atomic E-state index is -0.940. The summed E-state index contributed by atoms with van der Waals surface area (Å²) < 4.78 is 18.3. The Hall–Kier alpha value is -2.11. The quantitative estimate of drug-likeness (QED) is 0.799. The molecule has 0 saturated carbocycles. The van der Waals surface area contributed by atoms with E-state index in [9.17, 15) is 14.0 Å². The van der Waals surface area contributed by atoms with E-state index in [0.717, 1.165) is 0 Å². The van der Waals surface area contributed by atoms with Crippen LogP contribution in [0.15, 0.2) is 24.3 Å². The monoisotopic (exact) mass is 297 g/mol. The van der Waals surface area contributed by atoms with Gasteiger partial charge in [0, 0.05) is 18.7 Å². The van der Waals surface area contributed by atoms with Gasteiger partial charge >= 0.3 is 5.97 Å². The molecule has 0 unspecified atom stereocenters. The van der Waals surface area contributed by atoms with Crippen molar-refractivity contribution in [1.82, 2.24) is 4.90 Å². The van der Waals surface area contributed by atoms with E-state index in [2.05, 4.69) is 0 Å². The number of halogens is 1. The minimum absolute atomic E-state index is 0.0778. The lowest BCUT2D eigenvalue weighted by Gasteiger charge is -2.26. The van der Waals surface area contributed by atoms with Crippen LogP contribution in [0.4, 0.5) is 4.39 Å². The fourth-order valence-corrected chi connectivity index (χ4v) is 1.84. The summed E-state index contributed by atoms with van der Waals surface area (Å²) in [7, 11) is 0. The van der Waals surface area contributed by atoms with Crippen LogP contribution in [-0.2, 0) is 9.59 Å². The van der Waals surface area contributed by atoms with Gasteiger partial charge in [-0.3, -0.25) is 9.59 Å². The summed E-state index contributed by atoms with van der Waals surface area (Å²) in [4.78, 5) is 24.1. The molecular weight excluding hydrogens is 277 g/mol. The molecule has 0 heterocycles. The van der Waals surface area contributed by atoms with Gasteiger partial charge in [0.15, 0.2) is 0 Å². The maximum absolute atomic E-state index is 13.0. The molecule has 0 saturated heterocycles. The molecule has 0 aliphatic heterocycles. The lowest BCUT2D eigenvalue weighted by Crippen LogP contribution is -2.39. The van der Waals surface area contributed by atoms with E-state index in [4.69, 9.17) is 9.84 Å². The molecule has 0 bridgehead atoms. The van der Waals surface area contributed by atoms with Crippen LogP contribution in [0.3, 0.4) is 0 Å². The van der Waals surface area contributed by atoms with Crippen LogP contribution in [0, 0.1) is 5.82 Å². The first-order valence-corrected chi connectivity index (χ1v) is 6.79. The summed E-state index contributed by atoms with van der Waals surface area (Å²) in [6.45, 7) is 3.95. The Morgan fingerprint density at radius 2 is 2.05 bits per heavy atom. The highest BCUT2D eigenvalue weighted by Crippen LogP contribution is 2.12. The van der Waals surface area contributed by atoms with Crippen molar-refractivity contribution in [3.63, 3.8) is 0 Å². The van der Waals surface area contributed by atoms with Crippen molar-refractivity contribution in [1.29, 1.82) is 0 Å². The van der Waals surface area contributed by atoms with Crippen LogP contribution in [0.5, 0.6) is 5.75 Å². The number of carboxylic acid groups (broad SMARTS) is 1. The van der Waals surface area contributed by atoms with Gasteiger partial charge in [0.25, 0.3) is 0 Å². The molecule has 0 atom stereocenters. The van der Waals surface area contributed by atoms with E-state index in [1.807, 2.05) is 13.8 Å². The van der Waals surface area contributed by atoms with Crippen molar-refractivity contribution in [2.45, 2.75) is 32.7 Å². The van der Waals surface area contributed by atoms with Gasteiger partial charge in [0.05, 0.1) is 19.4 Å². The highest BCUT2D eigenvalue weighted by molar-refractivity contribution is 5.77. The molecule has 5 nitrogen and oxygen atoms in total. The van der Waals surface area contributed by atoms with Crippen molar-refractivity contribution in [3.8, 4) is 5.75 Å². The molecule has 21 heavy (non-hydrogen) atoms. The predicted molar refractivity (Wildman–Crippen MR) is 75.6 cm³/mol. The fourth-order valence-electron chi connectivity index (χ4n) is 1.84. The average molecular weight is 297 g/mol. The molecular formula is C15H20FNO4. The van der Waals surface area contributed by atoms with E-state index in [1.54, 1.807) is 6.07 Å². The number of amides is 1. The largest absolute Gasteiger partial charge is 0.493 e. The number of carbonyl (C=O) groups is 2. The minimum Gasteiger partial charge on any atom is -0.493 e. The molecule has 0 aromatic heterocycles. The Bertz CT molecular complexity index is 490. The number of hydrogen-bond acceptors (Lipinski definition) is 3. The topological polar surface area (TPSA) is 66.8 Å². The summed E-state index contributed by atoms with van der Waals surface area (Å²) in [5.74, 6) is -1.15. The number of rotatable bonds is 8. The molecule has 0 aliphatic carbocycles. The molecule has 1 amide bonds. The van der Waals surface area contributed by atoms with Gasteiger partial charge in [0.1, 0.15) is 11.6 Å². The number of aliphatic carboxylic acids is 1. The van der Waals surface area contributed by atoms with Crippen molar-refractivity contribution < 1.29 is 23.8 Å². The van der Waals surface area contributed by atoms with Crippen LogP contribution in [0.2, 0.25) is 0 Å². The van der Waals surface area contributed by atoms with E-state index < -0.39 is 11.8 Å². The number of ether oxygens (including phenoxy) is 1. The second kappa shape index (κ2) is 8.24. The molecule has 0 aliphatic rings. The lowest BCUT2D eigenvalue weighted by atomic mass is 10.2. The average Bonchev–Trinajstić information content (AvgIpc) is 2.38. The first-order chi connectivity index (χ1) is 9.90. The molecule has 0 radical (unpaired) electrons. The van der Waals surface area contributed by atoms with Gasteiger partial charge in [-0.05, 0) is 26.0 Å². The molecule has 6 heteroatoms. The SMILES string of the molecule is CC(C)N(CCC(=O)O)C(=O)CCOc1cccc(F)c1. The third kappa shape index (κ3) is 6.25. The number of carbonyl (C=O) groups excluding carboxylic acids is 1. The Morgan fingerprint density at radius 3 is 2.62 bits per heavy atom. The van der Waals surface area contributed by atoms with Gasteiger partial charge in [-0.25, -0.2) is 4.39 Å². The van der Waals surface area contributed by atoms with Crippen LogP contribution in [0.25, 0.3) is 0 Å². The third-order valence-corrected chi connectivity index (χ3v) is 2.89. The molecule has 0 spiro atoms. The number of benzene rings is 1. The van der Waals surface area contributed by atoms with Crippen LogP contribution in [0.1, 0.15) is 26.7 Å². The Morgan fingerprint density at radius 1 is 1.33 bits per heavy atom. The van der Waals surface area contributed by atoms with Gasteiger partial charge < -0.3 is 14.7 Å². The van der Waals surface area contributed by atoms with Gasteiger partial charge in [0.2, 0.25) is 5.91 Å². The zero-order valence-corrected chi connectivity index (χ0v) is 12.2. The molecule has 1 aromatic carbocycles. The van der Waals surface area contributed by atoms with Crippen molar-refractivity contribution in [2.75, 3.05) is 13.2 Å². The van der Waals surface area contributed by atoms with E-state index in [-0.39, 0.29) is 37.9 Å². The van der Waals surface area contributed by atoms with Crippen molar-refractivity contribution in [2.24, 2.45) is 0 Å². The molecule has 0 fully saturated rings. The van der Waals surface area contributed by atoms with Crippen molar-refractivity contribution in [3.05, 3.63) is 30.1 Å². The number of nitrogens with zero attached hydrogens (tertiary/aromatic N) is 1.